The average molecular weight is 778 g/mol. The lowest BCUT2D eigenvalue weighted by molar-refractivity contribution is -0.164. The van der Waals surface area contributed by atoms with Crippen LogP contribution in [0.5, 0.6) is 5.75 Å². The summed E-state index contributed by atoms with van der Waals surface area (Å²) < 4.78 is 6.36. The number of aromatic nitrogens is 1. The first-order valence-corrected chi connectivity index (χ1v) is 19.5. The maximum absolute atomic E-state index is 13.5. The molecule has 2 saturated heterocycles. The molecular weight excluding hydrogens is 734 g/mol. The van der Waals surface area contributed by atoms with E-state index in [0.29, 0.717) is 52.0 Å². The van der Waals surface area contributed by atoms with Crippen molar-refractivity contribution in [2.75, 3.05) is 24.5 Å². The Bertz CT molecular complexity index is 2150. The van der Waals surface area contributed by atoms with Gasteiger partial charge in [0.2, 0.25) is 11.8 Å². The lowest BCUT2D eigenvalue weighted by atomic mass is 9.49. The fourth-order valence-electron chi connectivity index (χ4n) is 9.80. The number of amides is 5. The highest BCUT2D eigenvalue weighted by molar-refractivity contribution is 6.31. The number of anilines is 1. The van der Waals surface area contributed by atoms with Gasteiger partial charge in [-0.3, -0.25) is 39.1 Å². The number of nitrogens with zero attached hydrogens (tertiary/aromatic N) is 5. The number of nitrogens with one attached hydrogen (secondary N) is 2. The van der Waals surface area contributed by atoms with Crippen LogP contribution in [-0.2, 0) is 22.7 Å². The molecule has 5 heterocycles. The molecule has 1 unspecified atom stereocenters. The van der Waals surface area contributed by atoms with Crippen LogP contribution in [0.3, 0.4) is 0 Å². The Labute approximate surface area is 330 Å². The van der Waals surface area contributed by atoms with E-state index < -0.39 is 29.7 Å². The first-order valence-electron chi connectivity index (χ1n) is 19.1. The molecule has 290 valence electrons. The van der Waals surface area contributed by atoms with E-state index in [9.17, 15) is 29.2 Å². The molecule has 5 amide bonds. The number of piperidine rings is 2. The standard InChI is InChI=1S/C42H44ClN7O6/c1-41(2)39(42(3,4)40(41)56-28-7-5-24(18-44)31(43)17-28)47-35(52)25-6-9-33(45-19-25)49-13-11-23(12-14-49)20-48-21-26-15-29-30(16-27(26)22-48)38(55)50(37(29)54)32-8-10-34(51)46-36(32)53/h5-7,9,15-17,19,23,32,39-40H,8,10-14,20-22H2,1-4H3,(H,47,52)(H,46,51,53). The highest BCUT2D eigenvalue weighted by Crippen LogP contribution is 2.55. The zero-order valence-corrected chi connectivity index (χ0v) is 32.6. The van der Waals surface area contributed by atoms with E-state index in [1.807, 2.05) is 24.3 Å². The van der Waals surface area contributed by atoms with E-state index in [2.05, 4.69) is 59.2 Å². The molecule has 2 N–H and O–H groups in total. The molecule has 4 aliphatic heterocycles. The van der Waals surface area contributed by atoms with Crippen LogP contribution in [0, 0.1) is 28.1 Å². The highest BCUT2D eigenvalue weighted by atomic mass is 35.5. The summed E-state index contributed by atoms with van der Waals surface area (Å²) in [5.74, 6) is -0.257. The molecule has 56 heavy (non-hydrogen) atoms. The number of hydrogen-bond acceptors (Lipinski definition) is 10. The van der Waals surface area contributed by atoms with E-state index in [1.54, 1.807) is 24.4 Å². The monoisotopic (exact) mass is 777 g/mol. The SMILES string of the molecule is CC1(C)C(NC(=O)c2ccc(N3CCC(CN4Cc5cc6c(cc5C4)C(=O)N(C4CCC(=O)NC4=O)C6=O)CC3)nc2)C(C)(C)C1Oc1ccc(C#N)c(Cl)c1. The van der Waals surface area contributed by atoms with Gasteiger partial charge in [0, 0.05) is 68.3 Å². The van der Waals surface area contributed by atoms with Crippen LogP contribution in [0.4, 0.5) is 5.82 Å². The molecule has 1 aromatic heterocycles. The molecule has 0 bridgehead atoms. The number of carbonyl (C=O) groups is 5. The van der Waals surface area contributed by atoms with Crippen LogP contribution in [0.15, 0.2) is 48.7 Å². The molecule has 14 heteroatoms. The molecule has 1 saturated carbocycles. The largest absolute Gasteiger partial charge is 0.489 e. The van der Waals surface area contributed by atoms with Gasteiger partial charge in [-0.15, -0.1) is 0 Å². The number of nitriles is 1. The smallest absolute Gasteiger partial charge is 0.262 e. The number of halogens is 1. The Morgan fingerprint density at radius 2 is 1.62 bits per heavy atom. The van der Waals surface area contributed by atoms with Crippen LogP contribution in [0.2, 0.25) is 5.02 Å². The Morgan fingerprint density at radius 3 is 2.20 bits per heavy atom. The maximum Gasteiger partial charge on any atom is 0.262 e. The van der Waals surface area contributed by atoms with Gasteiger partial charge in [-0.05, 0) is 72.7 Å². The number of carbonyl (C=O) groups excluding carboxylic acids is 5. The zero-order valence-electron chi connectivity index (χ0n) is 31.9. The molecular formula is C42H44ClN7O6. The van der Waals surface area contributed by atoms with Gasteiger partial charge in [-0.2, -0.15) is 5.26 Å². The second-order valence-electron chi connectivity index (χ2n) is 16.9. The summed E-state index contributed by atoms with van der Waals surface area (Å²) in [6.45, 7) is 12.2. The molecule has 1 atom stereocenters. The van der Waals surface area contributed by atoms with Crippen molar-refractivity contribution in [1.29, 1.82) is 5.26 Å². The van der Waals surface area contributed by atoms with Crippen molar-refractivity contribution in [3.8, 4) is 11.8 Å². The fourth-order valence-corrected chi connectivity index (χ4v) is 10.0. The van der Waals surface area contributed by atoms with Gasteiger partial charge in [0.25, 0.3) is 17.7 Å². The van der Waals surface area contributed by atoms with Gasteiger partial charge >= 0.3 is 0 Å². The molecule has 3 fully saturated rings. The summed E-state index contributed by atoms with van der Waals surface area (Å²) in [6.07, 6.45) is 3.62. The molecule has 8 rings (SSSR count). The summed E-state index contributed by atoms with van der Waals surface area (Å²) in [5.41, 5.74) is 2.81. The third-order valence-electron chi connectivity index (χ3n) is 12.4. The number of ether oxygens (including phenoxy) is 1. The summed E-state index contributed by atoms with van der Waals surface area (Å²) >= 11 is 6.24. The topological polar surface area (TPSA) is 165 Å². The Hall–Kier alpha value is -5.32. The van der Waals surface area contributed by atoms with Gasteiger partial charge in [0.1, 0.15) is 29.8 Å². The second-order valence-corrected chi connectivity index (χ2v) is 17.3. The molecule has 0 spiro atoms. The lowest BCUT2D eigenvalue weighted by Crippen LogP contribution is -2.74. The Kier molecular flexibility index (Phi) is 9.40. The van der Waals surface area contributed by atoms with Crippen molar-refractivity contribution in [2.24, 2.45) is 16.7 Å². The van der Waals surface area contributed by atoms with Crippen LogP contribution in [0.25, 0.3) is 0 Å². The maximum atomic E-state index is 13.5. The highest BCUT2D eigenvalue weighted by Gasteiger charge is 2.64. The van der Waals surface area contributed by atoms with Gasteiger partial charge in [0.15, 0.2) is 0 Å². The Balaban J connectivity index is 0.822. The third kappa shape index (κ3) is 6.48. The summed E-state index contributed by atoms with van der Waals surface area (Å²) in [6, 6.07) is 13.3. The van der Waals surface area contributed by atoms with Crippen molar-refractivity contribution in [1.82, 2.24) is 25.4 Å². The minimum absolute atomic E-state index is 0.0902. The lowest BCUT2D eigenvalue weighted by Gasteiger charge is -2.63. The van der Waals surface area contributed by atoms with Gasteiger partial charge in [-0.1, -0.05) is 39.3 Å². The number of hydrogen-bond donors (Lipinski definition) is 2. The van der Waals surface area contributed by atoms with E-state index >= 15 is 0 Å². The number of imide groups is 2. The van der Waals surface area contributed by atoms with E-state index in [4.69, 9.17) is 16.3 Å². The zero-order chi connectivity index (χ0) is 39.7. The predicted octanol–water partition coefficient (Wildman–Crippen LogP) is 4.85. The quantitative estimate of drug-likeness (QED) is 0.302. The van der Waals surface area contributed by atoms with Crippen molar-refractivity contribution in [3.05, 3.63) is 87.1 Å². The number of rotatable bonds is 8. The van der Waals surface area contributed by atoms with Crippen LogP contribution < -0.4 is 20.3 Å². The van der Waals surface area contributed by atoms with Gasteiger partial charge < -0.3 is 15.0 Å². The van der Waals surface area contributed by atoms with Crippen LogP contribution in [0.1, 0.15) is 101 Å². The van der Waals surface area contributed by atoms with Crippen LogP contribution in [-0.4, -0.2) is 82.1 Å². The van der Waals surface area contributed by atoms with E-state index in [0.717, 1.165) is 54.3 Å². The third-order valence-corrected chi connectivity index (χ3v) is 12.8. The first-order chi connectivity index (χ1) is 26.6. The van der Waals surface area contributed by atoms with Crippen LogP contribution >= 0.6 is 11.6 Å². The summed E-state index contributed by atoms with van der Waals surface area (Å²) in [5, 5.41) is 15.0. The van der Waals surface area contributed by atoms with E-state index in [1.165, 1.54) is 0 Å². The molecule has 13 nitrogen and oxygen atoms in total. The normalized spacial score (nSPS) is 24.2. The molecule has 0 radical (unpaired) electrons. The minimum atomic E-state index is -0.971. The average Bonchev–Trinajstić information content (AvgIpc) is 3.67. The summed E-state index contributed by atoms with van der Waals surface area (Å²) in [7, 11) is 0. The second kappa shape index (κ2) is 14.0. The molecule has 2 aromatic carbocycles. The number of pyridine rings is 1. The minimum Gasteiger partial charge on any atom is -0.489 e. The first kappa shape index (κ1) is 37.6. The summed E-state index contributed by atoms with van der Waals surface area (Å²) in [4.78, 5) is 74.4. The van der Waals surface area contributed by atoms with Crippen molar-refractivity contribution in [3.63, 3.8) is 0 Å². The van der Waals surface area contributed by atoms with Gasteiger partial charge in [-0.25, -0.2) is 4.98 Å². The van der Waals surface area contributed by atoms with Crippen molar-refractivity contribution >= 4 is 47.0 Å². The van der Waals surface area contributed by atoms with Crippen molar-refractivity contribution < 1.29 is 28.7 Å². The van der Waals surface area contributed by atoms with Gasteiger partial charge in [0.05, 0.1) is 27.3 Å². The number of benzene rings is 2. The molecule has 1 aliphatic carbocycles. The Morgan fingerprint density at radius 1 is 0.964 bits per heavy atom. The van der Waals surface area contributed by atoms with E-state index in [-0.39, 0.29) is 41.7 Å². The fraction of sp³-hybridized carbons (Fsp3) is 0.452. The van der Waals surface area contributed by atoms with Crippen molar-refractivity contribution in [2.45, 2.75) is 84.7 Å². The molecule has 3 aromatic rings. The molecule has 5 aliphatic rings. The number of fused-ring (bicyclic) bond motifs is 2. The predicted molar refractivity (Wildman–Crippen MR) is 206 cm³/mol.